The summed E-state index contributed by atoms with van der Waals surface area (Å²) < 4.78 is 0. The van der Waals surface area contributed by atoms with Gasteiger partial charge >= 0.3 is 5.97 Å². The van der Waals surface area contributed by atoms with E-state index in [0.717, 1.165) is 0 Å². The van der Waals surface area contributed by atoms with Crippen molar-refractivity contribution in [2.24, 2.45) is 5.73 Å². The Morgan fingerprint density at radius 3 is 2.63 bits per heavy atom. The highest BCUT2D eigenvalue weighted by atomic mass is 16.4. The molecule has 3 rings (SSSR count). The van der Waals surface area contributed by atoms with Crippen LogP contribution in [0.2, 0.25) is 0 Å². The smallest absolute Gasteiger partial charge is 0.326 e. The molecule has 0 aliphatic carbocycles. The molecule has 1 aliphatic rings. The summed E-state index contributed by atoms with van der Waals surface area (Å²) in [5.74, 6) is -1.97. The second-order valence-electron chi connectivity index (χ2n) is 7.35. The fraction of sp³-hybridized carbons (Fsp3) is 0.400. The number of carbonyl (C=O) groups is 3. The molecule has 0 saturated carbocycles. The van der Waals surface area contributed by atoms with Gasteiger partial charge in [0.2, 0.25) is 11.8 Å². The van der Waals surface area contributed by atoms with Crippen molar-refractivity contribution >= 4 is 17.8 Å². The number of amides is 2. The minimum absolute atomic E-state index is 0.0812. The molecule has 0 radical (unpaired) electrons. The van der Waals surface area contributed by atoms with Gasteiger partial charge in [0.1, 0.15) is 17.8 Å². The number of aromatic amines is 1. The minimum Gasteiger partial charge on any atom is -0.508 e. The Labute approximate surface area is 173 Å². The fourth-order valence-electron chi connectivity index (χ4n) is 3.56. The number of likely N-dealkylation sites (tertiary alicyclic amines) is 1. The SMILES string of the molecule is NC(Cc1cnc[nH]1)C(=O)NC(Cc1ccc(O)cc1)C(=O)N1CCCC1C(=O)O. The summed E-state index contributed by atoms with van der Waals surface area (Å²) in [7, 11) is 0. The lowest BCUT2D eigenvalue weighted by Crippen LogP contribution is -2.55. The van der Waals surface area contributed by atoms with Crippen molar-refractivity contribution < 1.29 is 24.6 Å². The second kappa shape index (κ2) is 9.40. The standard InChI is InChI=1S/C20H25N5O5/c21-15(9-13-10-22-11-23-13)18(27)24-16(8-12-3-5-14(26)6-4-12)19(28)25-7-1-2-17(25)20(29)30/h3-6,10-11,15-17,26H,1-2,7-9,21H2,(H,22,23)(H,24,27)(H,29,30). The average molecular weight is 415 g/mol. The number of aromatic hydroxyl groups is 1. The molecule has 6 N–H and O–H groups in total. The van der Waals surface area contributed by atoms with Gasteiger partial charge in [-0.05, 0) is 30.5 Å². The number of aromatic nitrogens is 2. The number of carbonyl (C=O) groups excluding carboxylic acids is 2. The number of hydrogen-bond donors (Lipinski definition) is 5. The molecule has 1 fully saturated rings. The Hall–Kier alpha value is -3.40. The number of hydrogen-bond acceptors (Lipinski definition) is 6. The van der Waals surface area contributed by atoms with Gasteiger partial charge in [-0.2, -0.15) is 0 Å². The predicted molar refractivity (Wildman–Crippen MR) is 106 cm³/mol. The molecule has 1 aliphatic heterocycles. The van der Waals surface area contributed by atoms with E-state index in [9.17, 15) is 24.6 Å². The summed E-state index contributed by atoms with van der Waals surface area (Å²) in [5, 5.41) is 21.6. The van der Waals surface area contributed by atoms with Crippen molar-refractivity contribution in [1.29, 1.82) is 0 Å². The number of phenols is 1. The average Bonchev–Trinajstić information content (AvgIpc) is 3.40. The van der Waals surface area contributed by atoms with E-state index in [2.05, 4.69) is 15.3 Å². The molecule has 3 atom stereocenters. The van der Waals surface area contributed by atoms with Gasteiger partial charge in [-0.15, -0.1) is 0 Å². The number of benzene rings is 1. The first-order valence-electron chi connectivity index (χ1n) is 9.69. The Morgan fingerprint density at radius 2 is 2.00 bits per heavy atom. The Balaban J connectivity index is 1.76. The van der Waals surface area contributed by atoms with Crippen LogP contribution in [-0.2, 0) is 27.2 Å². The third-order valence-electron chi connectivity index (χ3n) is 5.14. The Bertz CT molecular complexity index is 884. The Morgan fingerprint density at radius 1 is 1.27 bits per heavy atom. The molecule has 2 heterocycles. The Kier molecular flexibility index (Phi) is 6.68. The lowest BCUT2D eigenvalue weighted by Gasteiger charge is -2.28. The number of nitrogens with two attached hydrogens (primary N) is 1. The third-order valence-corrected chi connectivity index (χ3v) is 5.14. The molecule has 10 heteroatoms. The molecule has 0 spiro atoms. The summed E-state index contributed by atoms with van der Waals surface area (Å²) in [6.45, 7) is 0.317. The van der Waals surface area contributed by atoms with Gasteiger partial charge in [-0.3, -0.25) is 9.59 Å². The number of nitrogens with one attached hydrogen (secondary N) is 2. The van der Waals surface area contributed by atoms with Crippen molar-refractivity contribution in [3.05, 3.63) is 48.0 Å². The van der Waals surface area contributed by atoms with E-state index >= 15 is 0 Å². The molecule has 1 aromatic heterocycles. The van der Waals surface area contributed by atoms with E-state index in [4.69, 9.17) is 5.73 Å². The van der Waals surface area contributed by atoms with Crippen LogP contribution in [0.5, 0.6) is 5.75 Å². The van der Waals surface area contributed by atoms with Crippen LogP contribution < -0.4 is 11.1 Å². The maximum atomic E-state index is 13.1. The highest BCUT2D eigenvalue weighted by molar-refractivity contribution is 5.92. The van der Waals surface area contributed by atoms with Crippen LogP contribution in [-0.4, -0.2) is 67.5 Å². The number of phenolic OH excluding ortho intramolecular Hbond substituents is 1. The van der Waals surface area contributed by atoms with E-state index in [0.29, 0.717) is 30.6 Å². The van der Waals surface area contributed by atoms with Crippen molar-refractivity contribution in [2.75, 3.05) is 6.54 Å². The predicted octanol–water partition coefficient (Wildman–Crippen LogP) is -0.212. The van der Waals surface area contributed by atoms with Gasteiger partial charge in [0, 0.05) is 31.3 Å². The van der Waals surface area contributed by atoms with Crippen LogP contribution in [0.1, 0.15) is 24.1 Å². The van der Waals surface area contributed by atoms with E-state index in [1.165, 1.54) is 23.4 Å². The van der Waals surface area contributed by atoms with E-state index < -0.39 is 35.9 Å². The highest BCUT2D eigenvalue weighted by Gasteiger charge is 2.38. The molecule has 0 bridgehead atoms. The van der Waals surface area contributed by atoms with Crippen molar-refractivity contribution in [3.8, 4) is 5.75 Å². The van der Waals surface area contributed by atoms with Gasteiger partial charge in [-0.25, -0.2) is 9.78 Å². The van der Waals surface area contributed by atoms with Gasteiger partial charge in [0.15, 0.2) is 0 Å². The quantitative estimate of drug-likeness (QED) is 0.398. The molecule has 10 nitrogen and oxygen atoms in total. The molecule has 160 valence electrons. The maximum Gasteiger partial charge on any atom is 0.326 e. The number of aliphatic carboxylic acids is 1. The van der Waals surface area contributed by atoms with Crippen molar-refractivity contribution in [2.45, 2.75) is 43.8 Å². The third kappa shape index (κ3) is 5.15. The highest BCUT2D eigenvalue weighted by Crippen LogP contribution is 2.20. The van der Waals surface area contributed by atoms with Crippen molar-refractivity contribution in [3.63, 3.8) is 0 Å². The van der Waals surface area contributed by atoms with Gasteiger partial charge in [-0.1, -0.05) is 12.1 Å². The number of imidazole rings is 1. The fourth-order valence-corrected chi connectivity index (χ4v) is 3.56. The summed E-state index contributed by atoms with van der Waals surface area (Å²) >= 11 is 0. The number of rotatable bonds is 8. The van der Waals surface area contributed by atoms with E-state index in [1.807, 2.05) is 0 Å². The summed E-state index contributed by atoms with van der Waals surface area (Å²) in [6.07, 6.45) is 4.37. The zero-order valence-electron chi connectivity index (χ0n) is 16.3. The number of carboxylic acids is 1. The molecule has 30 heavy (non-hydrogen) atoms. The normalized spacial score (nSPS) is 18.0. The first-order valence-corrected chi connectivity index (χ1v) is 9.69. The minimum atomic E-state index is -1.06. The number of nitrogens with zero attached hydrogens (tertiary/aromatic N) is 2. The lowest BCUT2D eigenvalue weighted by molar-refractivity contribution is -0.149. The van der Waals surface area contributed by atoms with Crippen LogP contribution in [0.25, 0.3) is 0 Å². The van der Waals surface area contributed by atoms with E-state index in [-0.39, 0.29) is 18.6 Å². The first-order chi connectivity index (χ1) is 14.3. The first kappa shape index (κ1) is 21.3. The van der Waals surface area contributed by atoms with Crippen LogP contribution in [0, 0.1) is 0 Å². The molecular formula is C20H25N5O5. The van der Waals surface area contributed by atoms with Crippen LogP contribution in [0.3, 0.4) is 0 Å². The van der Waals surface area contributed by atoms with Gasteiger partial charge in [0.05, 0.1) is 12.4 Å². The molecular weight excluding hydrogens is 390 g/mol. The zero-order valence-corrected chi connectivity index (χ0v) is 16.3. The van der Waals surface area contributed by atoms with Gasteiger partial charge < -0.3 is 31.1 Å². The summed E-state index contributed by atoms with van der Waals surface area (Å²) in [5.41, 5.74) is 7.38. The summed E-state index contributed by atoms with van der Waals surface area (Å²) in [4.78, 5) is 45.4. The van der Waals surface area contributed by atoms with Crippen LogP contribution in [0.4, 0.5) is 0 Å². The number of H-pyrrole nitrogens is 1. The molecule has 3 unspecified atom stereocenters. The zero-order chi connectivity index (χ0) is 21.7. The number of carboxylic acid groups (broad SMARTS) is 1. The molecule has 2 amide bonds. The van der Waals surface area contributed by atoms with E-state index in [1.54, 1.807) is 18.3 Å². The lowest BCUT2D eigenvalue weighted by atomic mass is 10.0. The molecule has 1 aromatic carbocycles. The monoisotopic (exact) mass is 415 g/mol. The second-order valence-corrected chi connectivity index (χ2v) is 7.35. The molecule has 1 saturated heterocycles. The topological polar surface area (TPSA) is 162 Å². The van der Waals surface area contributed by atoms with Crippen LogP contribution >= 0.6 is 0 Å². The van der Waals surface area contributed by atoms with Crippen LogP contribution in [0.15, 0.2) is 36.8 Å². The largest absolute Gasteiger partial charge is 0.508 e. The van der Waals surface area contributed by atoms with Crippen molar-refractivity contribution in [1.82, 2.24) is 20.2 Å². The maximum absolute atomic E-state index is 13.1. The summed E-state index contributed by atoms with van der Waals surface area (Å²) in [6, 6.07) is 3.46. The van der Waals surface area contributed by atoms with Gasteiger partial charge in [0.25, 0.3) is 0 Å². The molecule has 2 aromatic rings.